The molecule has 31 heavy (non-hydrogen) atoms. The van der Waals surface area contributed by atoms with Crippen LogP contribution in [0.15, 0.2) is 58.4 Å². The van der Waals surface area contributed by atoms with Gasteiger partial charge in [-0.25, -0.2) is 13.2 Å². The SMILES string of the molecule is COCCOC(=O)Nc1cccc(NC(=O)CCN=C2NS(=O)(=O)c3ccccc32)c1. The molecule has 10 nitrogen and oxygen atoms in total. The monoisotopic (exact) mass is 446 g/mol. The number of ether oxygens (including phenoxy) is 2. The van der Waals surface area contributed by atoms with E-state index in [1.165, 1.54) is 13.2 Å². The molecule has 0 atom stereocenters. The van der Waals surface area contributed by atoms with Crippen LogP contribution in [0.4, 0.5) is 16.2 Å². The number of nitrogens with one attached hydrogen (secondary N) is 3. The molecular weight excluding hydrogens is 424 g/mol. The molecule has 1 heterocycles. The van der Waals surface area contributed by atoms with E-state index in [1.807, 2.05) is 0 Å². The van der Waals surface area contributed by atoms with Gasteiger partial charge in [0.05, 0.1) is 18.0 Å². The number of nitrogens with zero attached hydrogens (tertiary/aromatic N) is 1. The van der Waals surface area contributed by atoms with Crippen LogP contribution in [0, 0.1) is 0 Å². The Morgan fingerprint density at radius 3 is 2.55 bits per heavy atom. The van der Waals surface area contributed by atoms with Gasteiger partial charge in [0.1, 0.15) is 12.4 Å². The molecule has 0 saturated carbocycles. The molecule has 0 spiro atoms. The maximum absolute atomic E-state index is 12.2. The van der Waals surface area contributed by atoms with Gasteiger partial charge in [-0.2, -0.15) is 0 Å². The molecule has 1 aliphatic rings. The number of benzene rings is 2. The van der Waals surface area contributed by atoms with Crippen LogP contribution in [0.25, 0.3) is 0 Å². The summed E-state index contributed by atoms with van der Waals surface area (Å²) >= 11 is 0. The zero-order valence-corrected chi connectivity index (χ0v) is 17.6. The van der Waals surface area contributed by atoms with Gasteiger partial charge in [-0.05, 0) is 30.3 Å². The Bertz CT molecular complexity index is 1100. The van der Waals surface area contributed by atoms with Crippen molar-refractivity contribution in [2.24, 2.45) is 4.99 Å². The predicted octanol–water partition coefficient (Wildman–Crippen LogP) is 1.95. The van der Waals surface area contributed by atoms with Gasteiger partial charge in [0.25, 0.3) is 10.0 Å². The van der Waals surface area contributed by atoms with Crippen molar-refractivity contribution in [1.82, 2.24) is 4.72 Å². The molecule has 0 aliphatic carbocycles. The molecule has 0 fully saturated rings. The highest BCUT2D eigenvalue weighted by Crippen LogP contribution is 2.22. The third kappa shape index (κ3) is 6.03. The maximum atomic E-state index is 12.2. The van der Waals surface area contributed by atoms with Crippen molar-refractivity contribution in [1.29, 1.82) is 0 Å². The first-order chi connectivity index (χ1) is 14.9. The van der Waals surface area contributed by atoms with E-state index in [4.69, 9.17) is 9.47 Å². The van der Waals surface area contributed by atoms with E-state index in [0.29, 0.717) is 23.5 Å². The van der Waals surface area contributed by atoms with Gasteiger partial charge in [0, 0.05) is 30.5 Å². The largest absolute Gasteiger partial charge is 0.447 e. The summed E-state index contributed by atoms with van der Waals surface area (Å²) in [5.41, 5.74) is 1.43. The van der Waals surface area contributed by atoms with Gasteiger partial charge in [0.15, 0.2) is 0 Å². The summed E-state index contributed by atoms with van der Waals surface area (Å²) in [4.78, 5) is 28.3. The molecule has 2 amide bonds. The minimum absolute atomic E-state index is 0.0457. The number of amides is 2. The third-order valence-corrected chi connectivity index (χ3v) is 5.58. The van der Waals surface area contributed by atoms with Gasteiger partial charge in [-0.1, -0.05) is 18.2 Å². The highest BCUT2D eigenvalue weighted by atomic mass is 32.2. The number of hydrogen-bond donors (Lipinski definition) is 3. The fourth-order valence-corrected chi connectivity index (χ4v) is 4.04. The second kappa shape index (κ2) is 10.0. The lowest BCUT2D eigenvalue weighted by molar-refractivity contribution is -0.116. The number of carbonyl (C=O) groups excluding carboxylic acids is 2. The summed E-state index contributed by atoms with van der Waals surface area (Å²) in [6.45, 7) is 0.518. The molecule has 3 rings (SSSR count). The van der Waals surface area contributed by atoms with Crippen LogP contribution in [-0.4, -0.2) is 53.1 Å². The van der Waals surface area contributed by atoms with Crippen molar-refractivity contribution >= 4 is 39.2 Å². The molecule has 1 aliphatic heterocycles. The molecule has 3 N–H and O–H groups in total. The van der Waals surface area contributed by atoms with Crippen LogP contribution < -0.4 is 15.4 Å². The summed E-state index contributed by atoms with van der Waals surface area (Å²) in [5.74, 6) is -0.0834. The first-order valence-corrected chi connectivity index (χ1v) is 10.9. The maximum Gasteiger partial charge on any atom is 0.411 e. The van der Waals surface area contributed by atoms with E-state index in [2.05, 4.69) is 20.3 Å². The standard InChI is InChI=1S/C20H22N4O6S/c1-29-11-12-30-20(26)23-15-6-4-5-14(13-15)22-18(25)9-10-21-19-16-7-2-3-8-17(16)31(27,28)24-19/h2-8,13H,9-12H2,1H3,(H,21,24)(H,22,25)(H,23,26). The Labute approximate surface area is 179 Å². The first-order valence-electron chi connectivity index (χ1n) is 9.38. The van der Waals surface area contributed by atoms with Crippen molar-refractivity contribution in [3.63, 3.8) is 0 Å². The summed E-state index contributed by atoms with van der Waals surface area (Å²) in [7, 11) is -2.10. The number of amidine groups is 1. The second-order valence-corrected chi connectivity index (χ2v) is 8.12. The number of fused-ring (bicyclic) bond motifs is 1. The number of methoxy groups -OCH3 is 1. The highest BCUT2D eigenvalue weighted by molar-refractivity contribution is 7.90. The molecule has 164 valence electrons. The van der Waals surface area contributed by atoms with E-state index in [9.17, 15) is 18.0 Å². The van der Waals surface area contributed by atoms with Crippen molar-refractivity contribution in [3.05, 3.63) is 54.1 Å². The second-order valence-electron chi connectivity index (χ2n) is 6.46. The summed E-state index contributed by atoms with van der Waals surface area (Å²) in [6, 6.07) is 13.1. The molecule has 2 aromatic carbocycles. The van der Waals surface area contributed by atoms with Crippen LogP contribution in [-0.2, 0) is 24.3 Å². The fourth-order valence-electron chi connectivity index (χ4n) is 2.79. The number of sulfonamides is 1. The van der Waals surface area contributed by atoms with Crippen LogP contribution in [0.5, 0.6) is 0 Å². The zero-order chi connectivity index (χ0) is 22.3. The molecule has 0 saturated heterocycles. The minimum Gasteiger partial charge on any atom is -0.447 e. The van der Waals surface area contributed by atoms with E-state index in [1.54, 1.807) is 42.5 Å². The van der Waals surface area contributed by atoms with Crippen molar-refractivity contribution in [3.8, 4) is 0 Å². The van der Waals surface area contributed by atoms with Crippen molar-refractivity contribution in [2.75, 3.05) is 37.5 Å². The average molecular weight is 446 g/mol. The number of hydrogen-bond acceptors (Lipinski definition) is 7. The van der Waals surface area contributed by atoms with Gasteiger partial charge in [-0.15, -0.1) is 0 Å². The van der Waals surface area contributed by atoms with E-state index < -0.39 is 16.1 Å². The normalized spacial score (nSPS) is 15.1. The molecule has 0 unspecified atom stereocenters. The molecule has 2 aromatic rings. The topological polar surface area (TPSA) is 135 Å². The average Bonchev–Trinajstić information content (AvgIpc) is 2.99. The Morgan fingerprint density at radius 1 is 1.03 bits per heavy atom. The number of rotatable bonds is 8. The molecule has 0 radical (unpaired) electrons. The predicted molar refractivity (Wildman–Crippen MR) is 115 cm³/mol. The van der Waals surface area contributed by atoms with E-state index >= 15 is 0 Å². The fraction of sp³-hybridized carbons (Fsp3) is 0.250. The van der Waals surface area contributed by atoms with Crippen molar-refractivity contribution < 1.29 is 27.5 Å². The zero-order valence-electron chi connectivity index (χ0n) is 16.8. The Balaban J connectivity index is 1.53. The molecule has 0 bridgehead atoms. The third-order valence-electron chi connectivity index (χ3n) is 4.18. The van der Waals surface area contributed by atoms with Gasteiger partial charge >= 0.3 is 6.09 Å². The Morgan fingerprint density at radius 2 is 1.77 bits per heavy atom. The lowest BCUT2D eigenvalue weighted by atomic mass is 10.2. The summed E-state index contributed by atoms with van der Waals surface area (Å²) < 4.78 is 36.3. The minimum atomic E-state index is -3.61. The molecule has 11 heteroatoms. The number of carbonyl (C=O) groups is 2. The number of anilines is 2. The lowest BCUT2D eigenvalue weighted by Crippen LogP contribution is -2.23. The molecular formula is C20H22N4O6S. The Hall–Kier alpha value is -3.44. The van der Waals surface area contributed by atoms with Crippen molar-refractivity contribution in [2.45, 2.75) is 11.3 Å². The van der Waals surface area contributed by atoms with Crippen LogP contribution in [0.3, 0.4) is 0 Å². The smallest absolute Gasteiger partial charge is 0.411 e. The van der Waals surface area contributed by atoms with Gasteiger partial charge in [0.2, 0.25) is 5.91 Å². The first kappa shape index (κ1) is 22.2. The quantitative estimate of drug-likeness (QED) is 0.531. The van der Waals surface area contributed by atoms with E-state index in [-0.39, 0.29) is 36.2 Å². The Kier molecular flexibility index (Phi) is 7.21. The molecule has 0 aromatic heterocycles. The summed E-state index contributed by atoms with van der Waals surface area (Å²) in [6.07, 6.45) is -0.583. The number of aliphatic imine (C=N–C) groups is 1. The van der Waals surface area contributed by atoms with Gasteiger partial charge < -0.3 is 14.8 Å². The van der Waals surface area contributed by atoms with Crippen LogP contribution >= 0.6 is 0 Å². The van der Waals surface area contributed by atoms with Crippen LogP contribution in [0.2, 0.25) is 0 Å². The highest BCUT2D eigenvalue weighted by Gasteiger charge is 2.29. The summed E-state index contributed by atoms with van der Waals surface area (Å²) in [5, 5.41) is 5.27. The lowest BCUT2D eigenvalue weighted by Gasteiger charge is -2.09. The van der Waals surface area contributed by atoms with Gasteiger partial charge in [-0.3, -0.25) is 19.8 Å². The van der Waals surface area contributed by atoms with Crippen LogP contribution in [0.1, 0.15) is 12.0 Å². The van der Waals surface area contributed by atoms with E-state index in [0.717, 1.165) is 0 Å².